The first-order chi connectivity index (χ1) is 33.3. The van der Waals surface area contributed by atoms with Crippen molar-refractivity contribution >= 4 is 18.1 Å². The van der Waals surface area contributed by atoms with E-state index in [9.17, 15) is 24.2 Å². The van der Waals surface area contributed by atoms with Crippen molar-refractivity contribution in [2.45, 2.75) is 147 Å². The molecule has 1 amide bonds. The summed E-state index contributed by atoms with van der Waals surface area (Å²) in [4.78, 5) is 34.2. The average molecular weight is 939 g/mol. The Balaban J connectivity index is 1.45. The van der Waals surface area contributed by atoms with Crippen LogP contribution in [0.1, 0.15) is 150 Å². The molecule has 68 heavy (non-hydrogen) atoms. The molecule has 1 saturated carbocycles. The van der Waals surface area contributed by atoms with Crippen LogP contribution in [0.25, 0.3) is 0 Å². The summed E-state index contributed by atoms with van der Waals surface area (Å²) in [5, 5.41) is 24.8. The van der Waals surface area contributed by atoms with Crippen LogP contribution in [0, 0.1) is 23.6 Å². The van der Waals surface area contributed by atoms with Crippen molar-refractivity contribution in [2.24, 2.45) is 22.9 Å². The molecule has 3 aromatic rings. The first kappa shape index (κ1) is 52.3. The maximum atomic E-state index is 14.9. The predicted octanol–water partition coefficient (Wildman–Crippen LogP) is 12.6. The van der Waals surface area contributed by atoms with Crippen LogP contribution in [0.15, 0.2) is 96.2 Å². The minimum atomic E-state index is -1.51. The molecule has 0 spiro atoms. The Morgan fingerprint density at radius 2 is 1.59 bits per heavy atom. The number of aldehydes is 1. The number of benzene rings is 3. The Morgan fingerprint density at radius 3 is 2.28 bits per heavy atom. The summed E-state index contributed by atoms with van der Waals surface area (Å²) in [5.74, 6) is -1.04. The Labute approximate surface area is 403 Å². The van der Waals surface area contributed by atoms with Gasteiger partial charge in [-0.25, -0.2) is 9.18 Å². The first-order valence-corrected chi connectivity index (χ1v) is 25.4. The van der Waals surface area contributed by atoms with Crippen molar-refractivity contribution in [3.63, 3.8) is 0 Å². The van der Waals surface area contributed by atoms with Gasteiger partial charge in [0.15, 0.2) is 0 Å². The van der Waals surface area contributed by atoms with Gasteiger partial charge in [-0.15, -0.1) is 6.58 Å². The van der Waals surface area contributed by atoms with Gasteiger partial charge in [0.1, 0.15) is 42.0 Å². The van der Waals surface area contributed by atoms with Gasteiger partial charge in [0.25, 0.3) is 0 Å². The molecule has 1 fully saturated rings. The van der Waals surface area contributed by atoms with E-state index >= 15 is 0 Å². The van der Waals surface area contributed by atoms with Crippen molar-refractivity contribution in [3.05, 3.63) is 114 Å². The van der Waals surface area contributed by atoms with Gasteiger partial charge < -0.3 is 34.0 Å². The fraction of sp³-hybridized carbons (Fsp3) is 0.554. The van der Waals surface area contributed by atoms with Crippen LogP contribution in [0.4, 0.5) is 9.18 Å². The van der Waals surface area contributed by atoms with Crippen molar-refractivity contribution in [1.29, 1.82) is 0 Å². The van der Waals surface area contributed by atoms with Crippen LogP contribution in [0.3, 0.4) is 0 Å². The third kappa shape index (κ3) is 13.6. The number of rotatable bonds is 30. The number of hydrogen-bond acceptors (Lipinski definition) is 10. The molecule has 0 aromatic heterocycles. The maximum absolute atomic E-state index is 14.9. The van der Waals surface area contributed by atoms with Gasteiger partial charge >= 0.3 is 6.09 Å². The Bertz CT molecular complexity index is 2110. The highest BCUT2D eigenvalue weighted by atomic mass is 19.1. The molecule has 0 bridgehead atoms. The zero-order valence-corrected chi connectivity index (χ0v) is 40.5. The quantitative estimate of drug-likeness (QED) is 0.0290. The van der Waals surface area contributed by atoms with Gasteiger partial charge in [0, 0.05) is 43.2 Å². The van der Waals surface area contributed by atoms with E-state index in [0.29, 0.717) is 53.5 Å². The molecular weight excluding hydrogens is 864 g/mol. The van der Waals surface area contributed by atoms with Crippen LogP contribution < -0.4 is 9.47 Å². The molecule has 1 heterocycles. The molecule has 0 saturated heterocycles. The van der Waals surface area contributed by atoms with Crippen molar-refractivity contribution in [1.82, 2.24) is 4.90 Å². The highest BCUT2D eigenvalue weighted by Crippen LogP contribution is 2.62. The Hall–Kier alpha value is -5.04. The lowest BCUT2D eigenvalue weighted by Crippen LogP contribution is -2.70. The van der Waals surface area contributed by atoms with E-state index in [1.165, 1.54) is 50.7 Å². The first-order valence-electron chi connectivity index (χ1n) is 25.4. The van der Waals surface area contributed by atoms with Gasteiger partial charge in [-0.2, -0.15) is 0 Å². The van der Waals surface area contributed by atoms with Crippen molar-refractivity contribution in [3.8, 4) is 17.2 Å². The number of carbonyl (C=O) groups is 2. The lowest BCUT2D eigenvalue weighted by atomic mass is 9.55. The van der Waals surface area contributed by atoms with Crippen LogP contribution in [0.2, 0.25) is 0 Å². The molecule has 1 aliphatic heterocycles. The highest BCUT2D eigenvalue weighted by Gasteiger charge is 2.65. The molecule has 3 aromatic carbocycles. The smallest absolute Gasteiger partial charge is 0.410 e. The van der Waals surface area contributed by atoms with E-state index in [1.807, 2.05) is 25.1 Å². The lowest BCUT2D eigenvalue weighted by Gasteiger charge is -2.59. The van der Waals surface area contributed by atoms with Gasteiger partial charge in [-0.05, 0) is 104 Å². The second-order valence-corrected chi connectivity index (χ2v) is 18.5. The zero-order chi connectivity index (χ0) is 48.1. The molecule has 12 heteroatoms. The summed E-state index contributed by atoms with van der Waals surface area (Å²) in [6, 6.07) is 18.1. The Morgan fingerprint density at radius 1 is 0.882 bits per heavy atom. The van der Waals surface area contributed by atoms with E-state index in [2.05, 4.69) is 19.6 Å². The minimum absolute atomic E-state index is 0.00192. The molecule has 6 rings (SSSR count). The maximum Gasteiger partial charge on any atom is 0.410 e. The third-order valence-corrected chi connectivity index (χ3v) is 13.8. The molecule has 2 N–H and O–H groups in total. The van der Waals surface area contributed by atoms with E-state index in [1.54, 1.807) is 47.4 Å². The van der Waals surface area contributed by atoms with E-state index in [0.717, 1.165) is 68.8 Å². The van der Waals surface area contributed by atoms with Gasteiger partial charge in [-0.3, -0.25) is 9.69 Å². The number of aliphatic hydroxyl groups is 2. The third-order valence-electron chi connectivity index (χ3n) is 13.8. The normalized spacial score (nSPS) is 22.0. The molecular formula is C56H75FN2O9. The molecule has 2 aliphatic carbocycles. The second-order valence-electron chi connectivity index (χ2n) is 18.5. The predicted molar refractivity (Wildman–Crippen MR) is 264 cm³/mol. The topological polar surface area (TPSA) is 136 Å². The minimum Gasteiger partial charge on any atom is -0.459 e. The number of carbonyl (C=O) groups excluding carboxylic acids is 2. The van der Waals surface area contributed by atoms with Crippen LogP contribution in [-0.2, 0) is 20.9 Å². The average Bonchev–Trinajstić information content (AvgIpc) is 3.35. The number of fused-ring (bicyclic) bond motifs is 2. The van der Waals surface area contributed by atoms with E-state index < -0.39 is 23.8 Å². The summed E-state index contributed by atoms with van der Waals surface area (Å²) >= 11 is 0. The summed E-state index contributed by atoms with van der Waals surface area (Å²) in [6.07, 6.45) is 20.3. The summed E-state index contributed by atoms with van der Waals surface area (Å²) in [6.45, 7) is 9.05. The molecule has 3 aliphatic rings. The Kier molecular flexibility index (Phi) is 21.0. The molecule has 6 atom stereocenters. The van der Waals surface area contributed by atoms with E-state index in [4.69, 9.17) is 28.9 Å². The molecule has 370 valence electrons. The number of halogens is 1. The summed E-state index contributed by atoms with van der Waals surface area (Å²) in [7, 11) is 0. The number of oxime groups is 1. The van der Waals surface area contributed by atoms with E-state index in [-0.39, 0.29) is 63.0 Å². The number of nitrogens with zero attached hydrogens (tertiary/aromatic N) is 2. The van der Waals surface area contributed by atoms with Crippen LogP contribution in [0.5, 0.6) is 17.2 Å². The summed E-state index contributed by atoms with van der Waals surface area (Å²) < 4.78 is 41.6. The molecule has 0 radical (unpaired) electrons. The van der Waals surface area contributed by atoms with Gasteiger partial charge in [-0.1, -0.05) is 119 Å². The zero-order valence-electron chi connectivity index (χ0n) is 40.5. The largest absolute Gasteiger partial charge is 0.459 e. The van der Waals surface area contributed by atoms with Crippen LogP contribution in [-0.4, -0.2) is 78.1 Å². The monoisotopic (exact) mass is 939 g/mol. The van der Waals surface area contributed by atoms with Crippen molar-refractivity contribution < 1.29 is 48.0 Å². The standard InChI is InChI=1S/C56H75FN2O9/c1-4-7-8-9-10-11-12-13-14-19-34-64-55(63)59(39-41-25-27-44(57)28-26-41)52-38-50(58-66-6-3)48-36-43(22-15-17-31-60)47(24-16-18-32-61)53-49-37-46(67-45-23-20-21-42(35-45)40-62)29-30-51(49)68-56(52,54(48)53)65-33-5-2/h5,20-21,23,25-30,35-37,40,43,47,52-54,60-61H,2,4,6-19,22,24,31-34,38-39H2,1,3H3. The number of hydrogen-bond donors (Lipinski definition) is 2. The lowest BCUT2D eigenvalue weighted by molar-refractivity contribution is -0.256. The fourth-order valence-corrected chi connectivity index (χ4v) is 10.6. The number of aliphatic hydroxyl groups excluding tert-OH is 2. The number of allylic oxidation sites excluding steroid dienone is 1. The second kappa shape index (κ2) is 27.2. The van der Waals surface area contributed by atoms with Crippen molar-refractivity contribution in [2.75, 3.05) is 33.0 Å². The molecule has 6 unspecified atom stereocenters. The number of amides is 1. The van der Waals surface area contributed by atoms with Crippen LogP contribution >= 0.6 is 0 Å². The highest BCUT2D eigenvalue weighted by molar-refractivity contribution is 6.03. The summed E-state index contributed by atoms with van der Waals surface area (Å²) in [5.41, 5.74) is 3.67. The van der Waals surface area contributed by atoms with Gasteiger partial charge in [0.2, 0.25) is 5.79 Å². The van der Waals surface area contributed by atoms with Gasteiger partial charge in [0.05, 0.1) is 24.8 Å². The fourth-order valence-electron chi connectivity index (χ4n) is 10.6. The molecule has 11 nitrogen and oxygen atoms in total. The number of unbranched alkanes of at least 4 members (excludes halogenated alkanes) is 11. The SMILES string of the molecule is C=CCOC12Oc3ccc(Oc4cccc(C=O)c4)cc3C3C(CCCCO)C(CCCCO)C=C(C(=NOCC)CC1N(Cc1ccc(F)cc1)C(=O)OCCCCCCCCCCCC)C32. The number of ether oxygens (including phenoxy) is 4.